The molecular weight excluding hydrogens is 361 g/mol. The van der Waals surface area contributed by atoms with E-state index in [4.69, 9.17) is 12.2 Å². The van der Waals surface area contributed by atoms with Crippen molar-refractivity contribution in [2.75, 3.05) is 6.54 Å². The van der Waals surface area contributed by atoms with E-state index in [0.717, 1.165) is 16.6 Å². The van der Waals surface area contributed by atoms with Crippen LogP contribution in [0.2, 0.25) is 0 Å². The molecule has 0 fully saturated rings. The average molecular weight is 376 g/mol. The minimum atomic E-state index is -4.56. The molecule has 0 bridgehead atoms. The van der Waals surface area contributed by atoms with E-state index < -0.39 is 23.8 Å². The molecule has 0 radical (unpaired) electrons. The number of alkyl halides is 3. The third kappa shape index (κ3) is 4.65. The Morgan fingerprint density at radius 3 is 2.67 bits per heavy atom. The lowest BCUT2D eigenvalue weighted by Gasteiger charge is -2.17. The van der Waals surface area contributed by atoms with Gasteiger partial charge in [0.15, 0.2) is 3.95 Å². The van der Waals surface area contributed by atoms with Crippen molar-refractivity contribution in [1.29, 1.82) is 0 Å². The van der Waals surface area contributed by atoms with E-state index in [9.17, 15) is 23.1 Å². The Kier molecular flexibility index (Phi) is 5.79. The normalized spacial score (nSPS) is 12.9. The highest BCUT2D eigenvalue weighted by Crippen LogP contribution is 2.34. The number of nitrogens with one attached hydrogen (secondary N) is 2. The van der Waals surface area contributed by atoms with Crippen LogP contribution >= 0.6 is 23.6 Å². The fourth-order valence-corrected chi connectivity index (χ4v) is 3.47. The van der Waals surface area contributed by atoms with Crippen LogP contribution in [0.5, 0.6) is 0 Å². The Morgan fingerprint density at radius 2 is 2.08 bits per heavy atom. The number of aryl methyl sites for hydroxylation is 1. The number of amides is 1. The Morgan fingerprint density at radius 1 is 1.42 bits per heavy atom. The van der Waals surface area contributed by atoms with Crippen LogP contribution in [-0.2, 0) is 17.4 Å². The zero-order valence-electron chi connectivity index (χ0n) is 12.6. The van der Waals surface area contributed by atoms with Gasteiger partial charge in [-0.3, -0.25) is 4.79 Å². The first kappa shape index (κ1) is 18.6. The predicted octanol–water partition coefficient (Wildman–Crippen LogP) is 3.53. The molecule has 3 N–H and O–H groups in total. The number of thiazole rings is 1. The summed E-state index contributed by atoms with van der Waals surface area (Å²) < 4.78 is 39.3. The summed E-state index contributed by atoms with van der Waals surface area (Å²) in [6.07, 6.45) is -5.96. The molecule has 1 aromatic heterocycles. The quantitative estimate of drug-likeness (QED) is 0.700. The maximum absolute atomic E-state index is 12.9. The Balaban J connectivity index is 2.01. The number of benzene rings is 1. The summed E-state index contributed by atoms with van der Waals surface area (Å²) in [6, 6.07) is 4.75. The van der Waals surface area contributed by atoms with Gasteiger partial charge in [0, 0.05) is 17.1 Å². The largest absolute Gasteiger partial charge is 0.416 e. The fraction of sp³-hybridized carbons (Fsp3) is 0.333. The van der Waals surface area contributed by atoms with Crippen molar-refractivity contribution in [2.24, 2.45) is 0 Å². The first-order valence-electron chi connectivity index (χ1n) is 6.98. The Hall–Kier alpha value is -1.71. The van der Waals surface area contributed by atoms with Crippen LogP contribution in [-0.4, -0.2) is 22.5 Å². The lowest BCUT2D eigenvalue weighted by atomic mass is 10.0. The third-order valence-corrected chi connectivity index (χ3v) is 4.70. The van der Waals surface area contributed by atoms with Crippen molar-refractivity contribution in [1.82, 2.24) is 10.3 Å². The van der Waals surface area contributed by atoms with Crippen molar-refractivity contribution in [2.45, 2.75) is 25.6 Å². The highest BCUT2D eigenvalue weighted by molar-refractivity contribution is 7.73. The van der Waals surface area contributed by atoms with E-state index in [-0.39, 0.29) is 18.5 Å². The number of carbonyl (C=O) groups excluding carboxylic acids is 1. The second-order valence-corrected chi connectivity index (χ2v) is 6.92. The zero-order chi connectivity index (χ0) is 17.9. The summed E-state index contributed by atoms with van der Waals surface area (Å²) in [6.45, 7) is 1.48. The number of H-pyrrole nitrogens is 1. The SMILES string of the molecule is Cc1[nH]c(=S)sc1CC(=O)NC[C@@H](O)c1ccccc1C(F)(F)F. The molecule has 0 aliphatic heterocycles. The van der Waals surface area contributed by atoms with Crippen molar-refractivity contribution < 1.29 is 23.1 Å². The number of aliphatic hydroxyl groups excluding tert-OH is 1. The molecule has 1 aromatic carbocycles. The van der Waals surface area contributed by atoms with Gasteiger partial charge in [-0.05, 0) is 30.8 Å². The van der Waals surface area contributed by atoms with E-state index in [1.165, 1.54) is 29.5 Å². The van der Waals surface area contributed by atoms with E-state index in [1.807, 2.05) is 0 Å². The van der Waals surface area contributed by atoms with Gasteiger partial charge in [0.2, 0.25) is 5.91 Å². The number of hydrogen-bond donors (Lipinski definition) is 3. The van der Waals surface area contributed by atoms with Crippen LogP contribution in [0.15, 0.2) is 24.3 Å². The molecule has 0 saturated carbocycles. The van der Waals surface area contributed by atoms with Gasteiger partial charge in [0.1, 0.15) is 0 Å². The van der Waals surface area contributed by atoms with Crippen molar-refractivity contribution >= 4 is 29.5 Å². The molecule has 0 unspecified atom stereocenters. The summed E-state index contributed by atoms with van der Waals surface area (Å²) >= 11 is 6.24. The van der Waals surface area contributed by atoms with E-state index in [2.05, 4.69) is 10.3 Å². The van der Waals surface area contributed by atoms with Gasteiger partial charge in [0.05, 0.1) is 18.1 Å². The molecule has 4 nitrogen and oxygen atoms in total. The Bertz CT molecular complexity index is 784. The Labute approximate surface area is 145 Å². The van der Waals surface area contributed by atoms with E-state index in [1.54, 1.807) is 6.92 Å². The summed E-state index contributed by atoms with van der Waals surface area (Å²) in [5, 5.41) is 12.5. The van der Waals surface area contributed by atoms with Crippen LogP contribution in [0.4, 0.5) is 13.2 Å². The predicted molar refractivity (Wildman–Crippen MR) is 87.4 cm³/mol. The highest BCUT2D eigenvalue weighted by Gasteiger charge is 2.34. The highest BCUT2D eigenvalue weighted by atomic mass is 32.1. The monoisotopic (exact) mass is 376 g/mol. The molecule has 1 amide bonds. The van der Waals surface area contributed by atoms with Gasteiger partial charge in [-0.25, -0.2) is 0 Å². The van der Waals surface area contributed by atoms with Gasteiger partial charge < -0.3 is 15.4 Å². The molecule has 130 valence electrons. The number of rotatable bonds is 5. The summed E-state index contributed by atoms with van der Waals surface area (Å²) in [7, 11) is 0. The minimum absolute atomic E-state index is 0.0529. The summed E-state index contributed by atoms with van der Waals surface area (Å²) in [5.41, 5.74) is -0.395. The van der Waals surface area contributed by atoms with Gasteiger partial charge in [-0.15, -0.1) is 11.3 Å². The molecule has 0 aliphatic carbocycles. The maximum atomic E-state index is 12.9. The first-order valence-corrected chi connectivity index (χ1v) is 8.20. The number of aliphatic hydroxyl groups is 1. The third-order valence-electron chi connectivity index (χ3n) is 3.36. The van der Waals surface area contributed by atoms with Crippen LogP contribution in [0.25, 0.3) is 0 Å². The number of aromatic amines is 1. The molecule has 0 saturated heterocycles. The van der Waals surface area contributed by atoms with E-state index >= 15 is 0 Å². The van der Waals surface area contributed by atoms with Crippen molar-refractivity contribution in [3.05, 3.63) is 49.9 Å². The molecule has 2 aromatic rings. The molecule has 0 spiro atoms. The molecule has 24 heavy (non-hydrogen) atoms. The standard InChI is InChI=1S/C15H15F3N2O2S2/c1-8-12(24-14(23)20-8)6-13(22)19-7-11(21)9-4-2-3-5-10(9)15(16,17)18/h2-5,11,21H,6-7H2,1H3,(H,19,22)(H,20,23)/t11-/m1/s1. The molecule has 9 heteroatoms. The molecular formula is C15H15F3N2O2S2. The van der Waals surface area contributed by atoms with Crippen LogP contribution < -0.4 is 5.32 Å². The topological polar surface area (TPSA) is 65.1 Å². The fourth-order valence-electron chi connectivity index (χ4n) is 2.18. The van der Waals surface area contributed by atoms with Gasteiger partial charge >= 0.3 is 6.18 Å². The van der Waals surface area contributed by atoms with Crippen molar-refractivity contribution in [3.63, 3.8) is 0 Å². The van der Waals surface area contributed by atoms with Crippen LogP contribution in [0, 0.1) is 10.9 Å². The molecule has 1 atom stereocenters. The van der Waals surface area contributed by atoms with E-state index in [0.29, 0.717) is 3.95 Å². The average Bonchev–Trinajstić information content (AvgIpc) is 2.81. The molecule has 2 rings (SSSR count). The van der Waals surface area contributed by atoms with Crippen LogP contribution in [0.1, 0.15) is 27.8 Å². The number of halogens is 3. The van der Waals surface area contributed by atoms with Gasteiger partial charge in [0.25, 0.3) is 0 Å². The summed E-state index contributed by atoms with van der Waals surface area (Å²) in [5.74, 6) is -0.396. The molecule has 1 heterocycles. The van der Waals surface area contributed by atoms with Crippen LogP contribution in [0.3, 0.4) is 0 Å². The van der Waals surface area contributed by atoms with Gasteiger partial charge in [-0.2, -0.15) is 13.2 Å². The second-order valence-electron chi connectivity index (χ2n) is 5.14. The zero-order valence-corrected chi connectivity index (χ0v) is 14.2. The lowest BCUT2D eigenvalue weighted by Crippen LogP contribution is -2.30. The molecule has 0 aliphatic rings. The maximum Gasteiger partial charge on any atom is 0.416 e. The lowest BCUT2D eigenvalue weighted by molar-refractivity contribution is -0.139. The number of carbonyl (C=O) groups is 1. The number of aromatic nitrogens is 1. The van der Waals surface area contributed by atoms with Crippen molar-refractivity contribution in [3.8, 4) is 0 Å². The number of hydrogen-bond acceptors (Lipinski definition) is 4. The smallest absolute Gasteiger partial charge is 0.387 e. The van der Waals surface area contributed by atoms with Gasteiger partial charge in [-0.1, -0.05) is 18.2 Å². The second kappa shape index (κ2) is 7.45. The first-order chi connectivity index (χ1) is 11.2. The minimum Gasteiger partial charge on any atom is -0.387 e. The summed E-state index contributed by atoms with van der Waals surface area (Å²) in [4.78, 5) is 15.6.